The van der Waals surface area contributed by atoms with Crippen LogP contribution >= 0.6 is 0 Å². The normalized spacial score (nSPS) is 16.8. The van der Waals surface area contributed by atoms with Gasteiger partial charge in [0.05, 0.1) is 12.1 Å². The van der Waals surface area contributed by atoms with Gasteiger partial charge >= 0.3 is 0 Å². The van der Waals surface area contributed by atoms with Crippen LogP contribution in [0.15, 0.2) is 0 Å². The van der Waals surface area contributed by atoms with E-state index in [1.165, 1.54) is 0 Å². The zero-order valence-electron chi connectivity index (χ0n) is 5.07. The Morgan fingerprint density at radius 2 is 2.11 bits per heavy atom. The molecule has 2 atom stereocenters. The maximum absolute atomic E-state index is 9.78. The number of carbonyl (C=O) groups is 1. The van der Waals surface area contributed by atoms with Crippen molar-refractivity contribution >= 4 is 5.97 Å². The van der Waals surface area contributed by atoms with Crippen LogP contribution in [0.4, 0.5) is 0 Å². The highest BCUT2D eigenvalue weighted by Gasteiger charge is 2.13. The summed E-state index contributed by atoms with van der Waals surface area (Å²) in [7, 11) is 0. The quantitative estimate of drug-likeness (QED) is 0.460. The Bertz CT molecular complexity index is 101. The molecule has 0 aliphatic heterocycles. The van der Waals surface area contributed by atoms with Crippen LogP contribution in [0, 0.1) is 0 Å². The summed E-state index contributed by atoms with van der Waals surface area (Å²) in [5, 5.41) is 26.9. The fourth-order valence-electron chi connectivity index (χ4n) is 0.380. The number of carboxylic acid groups (broad SMARTS) is 1. The highest BCUT2D eigenvalue weighted by molar-refractivity contribution is 5.70. The predicted octanol–water partition coefficient (Wildman–Crippen LogP) is -2.13. The summed E-state index contributed by atoms with van der Waals surface area (Å²) in [6.45, 7) is 1.57. The number of hydrogen-bond acceptors (Lipinski definition) is 4. The minimum atomic E-state index is -1.75. The molecule has 0 bridgehead atoms. The van der Waals surface area contributed by atoms with E-state index in [2.05, 4.69) is 0 Å². The zero-order valence-corrected chi connectivity index (χ0v) is 5.07. The number of aliphatic carboxylic acids is 1. The van der Waals surface area contributed by atoms with E-state index in [1.807, 2.05) is 0 Å². The molecule has 54 valence electrons. The van der Waals surface area contributed by atoms with Crippen LogP contribution in [-0.4, -0.2) is 28.4 Å². The molecule has 0 radical (unpaired) electrons. The smallest absolute Gasteiger partial charge is 0.119 e. The van der Waals surface area contributed by atoms with Crippen molar-refractivity contribution in [3.8, 4) is 0 Å². The standard InChI is InChI=1S/C5H10O4/c1-2-3(6)4(7)5(8)9/h3-4,6-7H,2H2,1H3,(H,8,9)/p-1. The van der Waals surface area contributed by atoms with Crippen molar-refractivity contribution in [2.75, 3.05) is 0 Å². The number of carboxylic acids is 1. The van der Waals surface area contributed by atoms with E-state index in [1.54, 1.807) is 6.92 Å². The molecule has 0 aliphatic carbocycles. The number of aliphatic hydroxyl groups excluding tert-OH is 2. The van der Waals surface area contributed by atoms with Crippen molar-refractivity contribution in [1.82, 2.24) is 0 Å². The Morgan fingerprint density at radius 1 is 1.67 bits per heavy atom. The lowest BCUT2D eigenvalue weighted by Crippen LogP contribution is -2.43. The van der Waals surface area contributed by atoms with Crippen LogP contribution in [0.2, 0.25) is 0 Å². The molecule has 0 aromatic carbocycles. The molecule has 0 aromatic heterocycles. The average Bonchev–Trinajstić information content (AvgIpc) is 1.84. The van der Waals surface area contributed by atoms with Crippen molar-refractivity contribution in [3.63, 3.8) is 0 Å². The molecule has 0 saturated carbocycles. The first-order valence-electron chi connectivity index (χ1n) is 2.66. The molecule has 2 unspecified atom stereocenters. The third kappa shape index (κ3) is 2.43. The number of hydrogen-bond donors (Lipinski definition) is 2. The van der Waals surface area contributed by atoms with Gasteiger partial charge in [-0.15, -0.1) is 0 Å². The summed E-state index contributed by atoms with van der Waals surface area (Å²) in [6.07, 6.45) is -2.76. The largest absolute Gasteiger partial charge is 0.547 e. The van der Waals surface area contributed by atoms with Gasteiger partial charge in [0, 0.05) is 0 Å². The summed E-state index contributed by atoms with van der Waals surface area (Å²) in [5.41, 5.74) is 0. The molecule has 4 nitrogen and oxygen atoms in total. The van der Waals surface area contributed by atoms with Gasteiger partial charge in [0.25, 0.3) is 0 Å². The molecular formula is C5H9O4-. The van der Waals surface area contributed by atoms with E-state index in [-0.39, 0.29) is 6.42 Å². The minimum absolute atomic E-state index is 0.204. The van der Waals surface area contributed by atoms with Gasteiger partial charge in [-0.1, -0.05) is 6.92 Å². The fourth-order valence-corrected chi connectivity index (χ4v) is 0.380. The van der Waals surface area contributed by atoms with Gasteiger partial charge in [-0.2, -0.15) is 0 Å². The van der Waals surface area contributed by atoms with E-state index in [0.29, 0.717) is 0 Å². The summed E-state index contributed by atoms with van der Waals surface area (Å²) >= 11 is 0. The van der Waals surface area contributed by atoms with Crippen LogP contribution in [-0.2, 0) is 4.79 Å². The second-order valence-electron chi connectivity index (χ2n) is 1.74. The number of carbonyl (C=O) groups excluding carboxylic acids is 1. The lowest BCUT2D eigenvalue weighted by molar-refractivity contribution is -0.318. The predicted molar refractivity (Wildman–Crippen MR) is 27.3 cm³/mol. The average molecular weight is 133 g/mol. The first-order valence-corrected chi connectivity index (χ1v) is 2.66. The van der Waals surface area contributed by atoms with E-state index in [4.69, 9.17) is 10.2 Å². The first-order chi connectivity index (χ1) is 4.09. The van der Waals surface area contributed by atoms with Gasteiger partial charge in [-0.25, -0.2) is 0 Å². The van der Waals surface area contributed by atoms with Crippen LogP contribution in [0.1, 0.15) is 13.3 Å². The van der Waals surface area contributed by atoms with E-state index in [9.17, 15) is 9.90 Å². The van der Waals surface area contributed by atoms with E-state index >= 15 is 0 Å². The first kappa shape index (κ1) is 8.39. The van der Waals surface area contributed by atoms with Gasteiger partial charge in [-0.05, 0) is 6.42 Å². The van der Waals surface area contributed by atoms with E-state index in [0.717, 1.165) is 0 Å². The molecule has 9 heavy (non-hydrogen) atoms. The summed E-state index contributed by atoms with van der Waals surface area (Å²) in [4.78, 5) is 9.78. The lowest BCUT2D eigenvalue weighted by atomic mass is 10.2. The fraction of sp³-hybridized carbons (Fsp3) is 0.800. The number of rotatable bonds is 3. The molecular weight excluding hydrogens is 124 g/mol. The Hall–Kier alpha value is -0.610. The topological polar surface area (TPSA) is 80.6 Å². The van der Waals surface area contributed by atoms with Crippen LogP contribution < -0.4 is 5.11 Å². The lowest BCUT2D eigenvalue weighted by Gasteiger charge is -2.15. The molecule has 4 heteroatoms. The SMILES string of the molecule is CCC(O)C(O)C(=O)[O-]. The van der Waals surface area contributed by atoms with E-state index < -0.39 is 18.2 Å². The Kier molecular flexibility index (Phi) is 3.19. The van der Waals surface area contributed by atoms with Crippen LogP contribution in [0.5, 0.6) is 0 Å². The van der Waals surface area contributed by atoms with Crippen molar-refractivity contribution in [1.29, 1.82) is 0 Å². The van der Waals surface area contributed by atoms with Gasteiger partial charge in [-0.3, -0.25) is 0 Å². The molecule has 0 aliphatic rings. The number of aliphatic hydroxyl groups is 2. The summed E-state index contributed by atoms with van der Waals surface area (Å²) in [6, 6.07) is 0. The van der Waals surface area contributed by atoms with Crippen LogP contribution in [0.25, 0.3) is 0 Å². The second kappa shape index (κ2) is 3.42. The van der Waals surface area contributed by atoms with Crippen LogP contribution in [0.3, 0.4) is 0 Å². The molecule has 0 spiro atoms. The second-order valence-corrected chi connectivity index (χ2v) is 1.74. The Labute approximate surface area is 52.7 Å². The maximum atomic E-state index is 9.78. The molecule has 0 fully saturated rings. The van der Waals surface area contributed by atoms with Crippen molar-refractivity contribution < 1.29 is 20.1 Å². The van der Waals surface area contributed by atoms with Gasteiger partial charge in [0.1, 0.15) is 6.10 Å². The molecule has 0 heterocycles. The third-order valence-corrected chi connectivity index (χ3v) is 1.02. The van der Waals surface area contributed by atoms with Crippen molar-refractivity contribution in [2.24, 2.45) is 0 Å². The molecule has 0 amide bonds. The van der Waals surface area contributed by atoms with Gasteiger partial charge < -0.3 is 20.1 Å². The minimum Gasteiger partial charge on any atom is -0.547 e. The molecule has 0 aromatic rings. The Morgan fingerprint density at radius 3 is 2.22 bits per heavy atom. The van der Waals surface area contributed by atoms with Gasteiger partial charge in [0.15, 0.2) is 0 Å². The molecule has 2 N–H and O–H groups in total. The maximum Gasteiger partial charge on any atom is 0.119 e. The highest BCUT2D eigenvalue weighted by Crippen LogP contribution is 1.95. The van der Waals surface area contributed by atoms with Gasteiger partial charge in [0.2, 0.25) is 0 Å². The van der Waals surface area contributed by atoms with Crippen molar-refractivity contribution in [3.05, 3.63) is 0 Å². The third-order valence-electron chi connectivity index (χ3n) is 1.02. The highest BCUT2D eigenvalue weighted by atomic mass is 16.4. The van der Waals surface area contributed by atoms with Crippen molar-refractivity contribution in [2.45, 2.75) is 25.6 Å². The molecule has 0 saturated heterocycles. The summed E-state index contributed by atoms with van der Waals surface area (Å²) in [5.74, 6) is -1.63. The monoisotopic (exact) mass is 133 g/mol. The molecule has 0 rings (SSSR count). The Balaban J connectivity index is 3.72. The zero-order chi connectivity index (χ0) is 7.44. The summed E-state index contributed by atoms with van der Waals surface area (Å²) < 4.78 is 0.